The fraction of sp³-hybridized carbons (Fsp3) is 0.462. The van der Waals surface area contributed by atoms with Gasteiger partial charge in [0.1, 0.15) is 5.41 Å². The van der Waals surface area contributed by atoms with Gasteiger partial charge in [0.2, 0.25) is 5.91 Å². The summed E-state index contributed by atoms with van der Waals surface area (Å²) in [5, 5.41) is 14.7. The molecular formula is C13H18N4O2. The molecule has 0 radical (unpaired) electrons. The second-order valence-electron chi connectivity index (χ2n) is 4.98. The molecule has 2 rings (SSSR count). The highest BCUT2D eigenvalue weighted by atomic mass is 16.4. The van der Waals surface area contributed by atoms with E-state index in [4.69, 9.17) is 10.9 Å². The lowest BCUT2D eigenvalue weighted by molar-refractivity contribution is -0.122. The van der Waals surface area contributed by atoms with Gasteiger partial charge in [-0.05, 0) is 31.4 Å². The molecule has 0 spiro atoms. The molecule has 0 bridgehead atoms. The normalized spacial score (nSPS) is 18.3. The Morgan fingerprint density at radius 2 is 2.16 bits per heavy atom. The van der Waals surface area contributed by atoms with Gasteiger partial charge in [-0.1, -0.05) is 18.0 Å². The van der Waals surface area contributed by atoms with Gasteiger partial charge in [0.25, 0.3) is 0 Å². The molecule has 1 amide bonds. The third-order valence-electron chi connectivity index (χ3n) is 3.62. The molecule has 1 heterocycles. The number of carbonyl (C=O) groups is 1. The lowest BCUT2D eigenvalue weighted by Crippen LogP contribution is -2.45. The van der Waals surface area contributed by atoms with Crippen LogP contribution in [-0.2, 0) is 4.79 Å². The molecule has 1 aliphatic carbocycles. The average molecular weight is 262 g/mol. The average Bonchev–Trinajstić information content (AvgIpc) is 2.88. The highest BCUT2D eigenvalue weighted by molar-refractivity contribution is 6.12. The molecule has 6 heteroatoms. The minimum atomic E-state index is -0.890. The van der Waals surface area contributed by atoms with Crippen LogP contribution in [0.2, 0.25) is 0 Å². The zero-order chi connectivity index (χ0) is 13.9. The largest absolute Gasteiger partial charge is 0.409 e. The van der Waals surface area contributed by atoms with Crippen molar-refractivity contribution in [3.63, 3.8) is 0 Å². The van der Waals surface area contributed by atoms with Crippen LogP contribution in [0.4, 0.5) is 5.69 Å². The number of amides is 1. The number of nitrogens with zero attached hydrogens (tertiary/aromatic N) is 2. The van der Waals surface area contributed by atoms with E-state index in [2.05, 4.69) is 15.5 Å². The highest BCUT2D eigenvalue weighted by Gasteiger charge is 2.45. The lowest BCUT2D eigenvalue weighted by atomic mass is 9.83. The standard InChI is InChI=1S/C13H18N4O2/c1-9-6-10(8-15-7-9)16-12(18)13(11(14)17-19)4-2-3-5-13/h6-8,19H,2-5H2,1H3,(H2,14,17)(H,16,18). The van der Waals surface area contributed by atoms with Crippen molar-refractivity contribution in [2.45, 2.75) is 32.6 Å². The molecular weight excluding hydrogens is 244 g/mol. The lowest BCUT2D eigenvalue weighted by Gasteiger charge is -2.25. The third kappa shape index (κ3) is 2.52. The molecule has 0 aliphatic heterocycles. The van der Waals surface area contributed by atoms with E-state index in [9.17, 15) is 4.79 Å². The van der Waals surface area contributed by atoms with E-state index in [1.165, 1.54) is 0 Å². The van der Waals surface area contributed by atoms with Crippen molar-refractivity contribution in [3.05, 3.63) is 24.0 Å². The van der Waals surface area contributed by atoms with Crippen LogP contribution >= 0.6 is 0 Å². The van der Waals surface area contributed by atoms with E-state index in [-0.39, 0.29) is 11.7 Å². The number of oxime groups is 1. The molecule has 102 valence electrons. The van der Waals surface area contributed by atoms with Gasteiger partial charge in [-0.2, -0.15) is 0 Å². The number of aromatic nitrogens is 1. The number of nitrogens with one attached hydrogen (secondary N) is 1. The number of anilines is 1. The number of aryl methyl sites for hydroxylation is 1. The number of carbonyl (C=O) groups excluding carboxylic acids is 1. The SMILES string of the molecule is Cc1cncc(NC(=O)C2(/C(N)=N/O)CCCC2)c1. The molecule has 0 atom stereocenters. The second kappa shape index (κ2) is 5.26. The molecule has 0 saturated heterocycles. The minimum absolute atomic E-state index is 0.0110. The first-order valence-electron chi connectivity index (χ1n) is 6.29. The maximum Gasteiger partial charge on any atom is 0.238 e. The summed E-state index contributed by atoms with van der Waals surface area (Å²) in [5.41, 5.74) is 6.42. The zero-order valence-electron chi connectivity index (χ0n) is 10.9. The zero-order valence-corrected chi connectivity index (χ0v) is 10.9. The third-order valence-corrected chi connectivity index (χ3v) is 3.62. The molecule has 0 unspecified atom stereocenters. The molecule has 1 aromatic rings. The van der Waals surface area contributed by atoms with Crippen LogP contribution in [0.15, 0.2) is 23.6 Å². The van der Waals surface area contributed by atoms with Gasteiger partial charge in [-0.3, -0.25) is 9.78 Å². The van der Waals surface area contributed by atoms with Crippen LogP contribution in [0.1, 0.15) is 31.2 Å². The smallest absolute Gasteiger partial charge is 0.238 e. The summed E-state index contributed by atoms with van der Waals surface area (Å²) in [7, 11) is 0. The number of nitrogens with two attached hydrogens (primary N) is 1. The molecule has 19 heavy (non-hydrogen) atoms. The second-order valence-corrected chi connectivity index (χ2v) is 4.98. The van der Waals surface area contributed by atoms with Crippen LogP contribution in [0, 0.1) is 12.3 Å². The van der Waals surface area contributed by atoms with Crippen molar-refractivity contribution in [3.8, 4) is 0 Å². The summed E-state index contributed by atoms with van der Waals surface area (Å²) in [6.07, 6.45) is 6.30. The first kappa shape index (κ1) is 13.3. The maximum atomic E-state index is 12.4. The summed E-state index contributed by atoms with van der Waals surface area (Å²) in [6.45, 7) is 1.90. The Morgan fingerprint density at radius 3 is 2.74 bits per heavy atom. The van der Waals surface area contributed by atoms with Crippen molar-refractivity contribution in [2.75, 3.05) is 5.32 Å². The Kier molecular flexibility index (Phi) is 3.69. The molecule has 1 saturated carbocycles. The van der Waals surface area contributed by atoms with E-state index >= 15 is 0 Å². The van der Waals surface area contributed by atoms with E-state index in [0.29, 0.717) is 18.5 Å². The Morgan fingerprint density at radius 1 is 1.47 bits per heavy atom. The quantitative estimate of drug-likeness (QED) is 0.333. The number of hydrogen-bond acceptors (Lipinski definition) is 4. The van der Waals surface area contributed by atoms with Crippen molar-refractivity contribution in [1.82, 2.24) is 4.98 Å². The van der Waals surface area contributed by atoms with Crippen molar-refractivity contribution in [2.24, 2.45) is 16.3 Å². The minimum Gasteiger partial charge on any atom is -0.409 e. The van der Waals surface area contributed by atoms with E-state index in [1.54, 1.807) is 12.4 Å². The number of amidine groups is 1. The first-order valence-corrected chi connectivity index (χ1v) is 6.29. The van der Waals surface area contributed by atoms with Crippen molar-refractivity contribution in [1.29, 1.82) is 0 Å². The highest BCUT2D eigenvalue weighted by Crippen LogP contribution is 2.39. The van der Waals surface area contributed by atoms with Crippen LogP contribution in [-0.4, -0.2) is 21.9 Å². The number of hydrogen-bond donors (Lipinski definition) is 3. The van der Waals surface area contributed by atoms with E-state index < -0.39 is 5.41 Å². The summed E-state index contributed by atoms with van der Waals surface area (Å²) in [6, 6.07) is 1.83. The van der Waals surface area contributed by atoms with E-state index in [0.717, 1.165) is 18.4 Å². The Bertz CT molecular complexity index is 507. The molecule has 6 nitrogen and oxygen atoms in total. The first-order chi connectivity index (χ1) is 9.08. The van der Waals surface area contributed by atoms with Gasteiger partial charge in [0.15, 0.2) is 5.84 Å². The van der Waals surface area contributed by atoms with Crippen molar-refractivity contribution >= 4 is 17.4 Å². The van der Waals surface area contributed by atoms with Crippen LogP contribution in [0.25, 0.3) is 0 Å². The summed E-state index contributed by atoms with van der Waals surface area (Å²) >= 11 is 0. The van der Waals surface area contributed by atoms with Crippen molar-refractivity contribution < 1.29 is 10.0 Å². The molecule has 1 fully saturated rings. The number of rotatable bonds is 3. The molecule has 1 aromatic heterocycles. The fourth-order valence-corrected chi connectivity index (χ4v) is 2.55. The molecule has 4 N–H and O–H groups in total. The summed E-state index contributed by atoms with van der Waals surface area (Å²) in [4.78, 5) is 16.5. The van der Waals surface area contributed by atoms with Gasteiger partial charge in [0, 0.05) is 6.20 Å². The Labute approximate surface area is 111 Å². The predicted octanol–water partition coefficient (Wildman–Crippen LogP) is 1.64. The summed E-state index contributed by atoms with van der Waals surface area (Å²) in [5.74, 6) is -0.240. The molecule has 1 aliphatic rings. The van der Waals surface area contributed by atoms with Crippen LogP contribution < -0.4 is 11.1 Å². The Balaban J connectivity index is 2.22. The van der Waals surface area contributed by atoms with Gasteiger partial charge >= 0.3 is 0 Å². The summed E-state index contributed by atoms with van der Waals surface area (Å²) < 4.78 is 0. The Hall–Kier alpha value is -2.11. The van der Waals surface area contributed by atoms with E-state index in [1.807, 2.05) is 13.0 Å². The maximum absolute atomic E-state index is 12.4. The predicted molar refractivity (Wildman–Crippen MR) is 71.9 cm³/mol. The molecule has 0 aromatic carbocycles. The van der Waals surface area contributed by atoms with Gasteiger partial charge in [0.05, 0.1) is 11.9 Å². The number of pyridine rings is 1. The van der Waals surface area contributed by atoms with Gasteiger partial charge in [-0.25, -0.2) is 0 Å². The fourth-order valence-electron chi connectivity index (χ4n) is 2.55. The van der Waals surface area contributed by atoms with Gasteiger partial charge in [-0.15, -0.1) is 0 Å². The van der Waals surface area contributed by atoms with Crippen LogP contribution in [0.5, 0.6) is 0 Å². The van der Waals surface area contributed by atoms with Crippen LogP contribution in [0.3, 0.4) is 0 Å². The monoisotopic (exact) mass is 262 g/mol. The topological polar surface area (TPSA) is 101 Å². The van der Waals surface area contributed by atoms with Gasteiger partial charge < -0.3 is 16.3 Å².